The first kappa shape index (κ1) is 29.9. The summed E-state index contributed by atoms with van der Waals surface area (Å²) in [5.41, 5.74) is 4.99. The van der Waals surface area contributed by atoms with E-state index in [0.717, 1.165) is 88.7 Å². The minimum atomic E-state index is 0. The summed E-state index contributed by atoms with van der Waals surface area (Å²) in [5, 5.41) is 6.59. The van der Waals surface area contributed by atoms with E-state index in [-0.39, 0.29) is 24.8 Å². The van der Waals surface area contributed by atoms with E-state index in [1.807, 2.05) is 61.5 Å². The Kier molecular flexibility index (Phi) is 10.7. The first-order chi connectivity index (χ1) is 18.1. The van der Waals surface area contributed by atoms with Crippen LogP contribution in [-0.2, 0) is 13.2 Å². The molecule has 0 amide bonds. The van der Waals surface area contributed by atoms with Gasteiger partial charge in [0.25, 0.3) is 0 Å². The van der Waals surface area contributed by atoms with Crippen LogP contribution in [0.1, 0.15) is 27.8 Å². The van der Waals surface area contributed by atoms with Crippen LogP contribution in [0.5, 0.6) is 23.0 Å². The third-order valence-electron chi connectivity index (χ3n) is 6.28. The molecule has 2 aliphatic rings. The molecule has 10 heteroatoms. The van der Waals surface area contributed by atoms with Crippen molar-refractivity contribution >= 4 is 36.5 Å². The van der Waals surface area contributed by atoms with Crippen LogP contribution in [0, 0.1) is 6.92 Å². The van der Waals surface area contributed by atoms with Gasteiger partial charge in [0.1, 0.15) is 47.9 Å². The van der Waals surface area contributed by atoms with Gasteiger partial charge in [-0.25, -0.2) is 0 Å². The van der Waals surface area contributed by atoms with Gasteiger partial charge in [-0.2, -0.15) is 0 Å². The van der Waals surface area contributed by atoms with E-state index >= 15 is 0 Å². The second kappa shape index (κ2) is 14.0. The van der Waals surface area contributed by atoms with Crippen molar-refractivity contribution in [3.8, 4) is 23.0 Å². The van der Waals surface area contributed by atoms with Crippen LogP contribution in [0.3, 0.4) is 0 Å². The minimum absolute atomic E-state index is 0. The second-order valence-corrected chi connectivity index (χ2v) is 8.93. The molecule has 3 aromatic rings. The quantitative estimate of drug-likeness (QED) is 0.366. The van der Waals surface area contributed by atoms with E-state index in [1.54, 1.807) is 14.2 Å². The fourth-order valence-corrected chi connectivity index (χ4v) is 4.41. The molecule has 0 fully saturated rings. The Morgan fingerprint density at radius 3 is 1.51 bits per heavy atom. The summed E-state index contributed by atoms with van der Waals surface area (Å²) in [4.78, 5) is 8.97. The van der Waals surface area contributed by atoms with Crippen molar-refractivity contribution < 1.29 is 18.9 Å². The van der Waals surface area contributed by atoms with Gasteiger partial charge < -0.3 is 29.6 Å². The molecule has 8 nitrogen and oxygen atoms in total. The molecule has 2 aliphatic heterocycles. The van der Waals surface area contributed by atoms with Crippen LogP contribution in [0.25, 0.3) is 0 Å². The molecule has 0 radical (unpaired) electrons. The lowest BCUT2D eigenvalue weighted by Gasteiger charge is -2.15. The number of aliphatic imine (C=N–C) groups is 2. The third kappa shape index (κ3) is 7.28. The van der Waals surface area contributed by atoms with Crippen LogP contribution >= 0.6 is 24.8 Å². The summed E-state index contributed by atoms with van der Waals surface area (Å²) < 4.78 is 23.5. The first-order valence-electron chi connectivity index (χ1n) is 12.4. The van der Waals surface area contributed by atoms with Crippen molar-refractivity contribution in [1.29, 1.82) is 0 Å². The molecule has 0 bridgehead atoms. The van der Waals surface area contributed by atoms with Crippen molar-refractivity contribution in [2.75, 3.05) is 40.4 Å². The van der Waals surface area contributed by atoms with Gasteiger partial charge in [0.05, 0.1) is 27.3 Å². The van der Waals surface area contributed by atoms with Crippen molar-refractivity contribution in [2.45, 2.75) is 20.1 Å². The van der Waals surface area contributed by atoms with Gasteiger partial charge in [-0.15, -0.1) is 24.8 Å². The maximum Gasteiger partial charge on any atom is 0.128 e. The number of amidine groups is 2. The Bertz CT molecular complexity index is 1250. The summed E-state index contributed by atoms with van der Waals surface area (Å²) >= 11 is 0. The van der Waals surface area contributed by atoms with Gasteiger partial charge in [-0.05, 0) is 36.8 Å². The molecule has 0 unspecified atom stereocenters. The molecule has 2 N–H and O–H groups in total. The van der Waals surface area contributed by atoms with Crippen LogP contribution < -0.4 is 29.6 Å². The Labute approximate surface area is 241 Å². The van der Waals surface area contributed by atoms with Crippen molar-refractivity contribution in [3.05, 3.63) is 82.4 Å². The van der Waals surface area contributed by atoms with Gasteiger partial charge >= 0.3 is 0 Å². The van der Waals surface area contributed by atoms with Gasteiger partial charge in [-0.3, -0.25) is 9.98 Å². The number of hydrogen-bond donors (Lipinski definition) is 2. The Hall–Kier alpha value is -3.62. The van der Waals surface area contributed by atoms with Gasteiger partial charge in [0.2, 0.25) is 0 Å². The molecule has 0 saturated heterocycles. The average Bonchev–Trinajstić information content (AvgIpc) is 3.65. The zero-order chi connectivity index (χ0) is 25.6. The number of aryl methyl sites for hydroxylation is 1. The van der Waals surface area contributed by atoms with Gasteiger partial charge in [0, 0.05) is 41.4 Å². The normalized spacial score (nSPS) is 13.6. The molecule has 0 atom stereocenters. The van der Waals surface area contributed by atoms with E-state index in [0.29, 0.717) is 13.2 Å². The van der Waals surface area contributed by atoms with E-state index < -0.39 is 0 Å². The van der Waals surface area contributed by atoms with E-state index in [2.05, 4.69) is 20.6 Å². The number of rotatable bonds is 10. The molecule has 0 aromatic heterocycles. The largest absolute Gasteiger partial charge is 0.496 e. The predicted octanol–water partition coefficient (Wildman–Crippen LogP) is 4.71. The highest BCUT2D eigenvalue weighted by Gasteiger charge is 2.14. The highest BCUT2D eigenvalue weighted by atomic mass is 35.5. The number of nitrogens with zero attached hydrogens (tertiary/aromatic N) is 2. The summed E-state index contributed by atoms with van der Waals surface area (Å²) in [6, 6.07) is 18.0. The monoisotopic (exact) mass is 572 g/mol. The van der Waals surface area contributed by atoms with E-state index in [1.165, 1.54) is 0 Å². The van der Waals surface area contributed by atoms with Crippen molar-refractivity contribution in [1.82, 2.24) is 10.6 Å². The molecule has 2 heterocycles. The van der Waals surface area contributed by atoms with Crippen LogP contribution in [0.4, 0.5) is 0 Å². The Morgan fingerprint density at radius 2 is 1.13 bits per heavy atom. The average molecular weight is 574 g/mol. The summed E-state index contributed by atoms with van der Waals surface area (Å²) in [5.74, 6) is 4.81. The zero-order valence-electron chi connectivity index (χ0n) is 22.3. The molecule has 39 heavy (non-hydrogen) atoms. The number of nitrogens with one attached hydrogen (secondary N) is 2. The number of ether oxygens (including phenoxy) is 4. The summed E-state index contributed by atoms with van der Waals surface area (Å²) in [6.45, 7) is 6.10. The SMILES string of the molecule is COc1cc(C2=NCCN2)ccc1COc1cc(C)cc(OCc2ccc(C3=NCCN3)cc2OC)c1.Cl.Cl. The van der Waals surface area contributed by atoms with Crippen LogP contribution in [0.2, 0.25) is 0 Å². The standard InChI is InChI=1S/C29H32N4O4.2ClH/c1-19-12-24(36-17-22-6-4-20(14-26(22)34-2)28-30-8-9-31-28)16-25(13-19)37-18-23-7-5-21(15-27(23)35-3)29-32-10-11-33-29;;/h4-7,12-16H,8-11,17-18H2,1-3H3,(H,30,31)(H,32,33);2*1H. The highest BCUT2D eigenvalue weighted by Crippen LogP contribution is 2.28. The van der Waals surface area contributed by atoms with Crippen LogP contribution in [0.15, 0.2) is 64.6 Å². The summed E-state index contributed by atoms with van der Waals surface area (Å²) in [7, 11) is 3.34. The minimum Gasteiger partial charge on any atom is -0.496 e. The lowest BCUT2D eigenvalue weighted by molar-refractivity contribution is 0.282. The van der Waals surface area contributed by atoms with Crippen molar-refractivity contribution in [2.24, 2.45) is 9.98 Å². The Morgan fingerprint density at radius 1 is 0.667 bits per heavy atom. The maximum atomic E-state index is 6.14. The van der Waals surface area contributed by atoms with E-state index in [4.69, 9.17) is 18.9 Å². The molecular formula is C29H34Cl2N4O4. The highest BCUT2D eigenvalue weighted by molar-refractivity contribution is 6.00. The lowest BCUT2D eigenvalue weighted by Crippen LogP contribution is -2.19. The second-order valence-electron chi connectivity index (χ2n) is 8.93. The van der Waals surface area contributed by atoms with Crippen molar-refractivity contribution in [3.63, 3.8) is 0 Å². The zero-order valence-corrected chi connectivity index (χ0v) is 23.9. The smallest absolute Gasteiger partial charge is 0.128 e. The molecule has 0 aliphatic carbocycles. The first-order valence-corrected chi connectivity index (χ1v) is 12.4. The fraction of sp³-hybridized carbons (Fsp3) is 0.310. The number of hydrogen-bond acceptors (Lipinski definition) is 8. The third-order valence-corrected chi connectivity index (χ3v) is 6.28. The molecule has 0 spiro atoms. The Balaban J connectivity index is 0.00000210. The fourth-order valence-electron chi connectivity index (χ4n) is 4.41. The molecule has 5 rings (SSSR count). The lowest BCUT2D eigenvalue weighted by atomic mass is 10.1. The number of methoxy groups -OCH3 is 2. The molecule has 208 valence electrons. The van der Waals surface area contributed by atoms with E-state index in [9.17, 15) is 0 Å². The number of benzene rings is 3. The topological polar surface area (TPSA) is 85.7 Å². The van der Waals surface area contributed by atoms with Gasteiger partial charge in [0.15, 0.2) is 0 Å². The molecular weight excluding hydrogens is 539 g/mol. The predicted molar refractivity (Wildman–Crippen MR) is 159 cm³/mol. The van der Waals surface area contributed by atoms with Crippen LogP contribution in [-0.4, -0.2) is 52.1 Å². The maximum absolute atomic E-state index is 6.14. The van der Waals surface area contributed by atoms with Gasteiger partial charge in [-0.1, -0.05) is 24.3 Å². The summed E-state index contributed by atoms with van der Waals surface area (Å²) in [6.07, 6.45) is 0. The molecule has 0 saturated carbocycles. The number of halogens is 2. The molecule has 3 aromatic carbocycles.